The summed E-state index contributed by atoms with van der Waals surface area (Å²) in [6, 6.07) is 0. The molecule has 2 aliphatic rings. The largest absolute Gasteiger partial charge is 0.403 e. The molecule has 0 aromatic carbocycles. The third-order valence-electron chi connectivity index (χ3n) is 5.94. The molecule has 2 heterocycles. The summed E-state index contributed by atoms with van der Waals surface area (Å²) >= 11 is 0. The molecule has 37 heavy (non-hydrogen) atoms. The average Bonchev–Trinajstić information content (AvgIpc) is 2.87. The Labute approximate surface area is 218 Å². The molecule has 2 rings (SSSR count). The fraction of sp³-hybridized carbons (Fsp3) is 0.913. The molecule has 14 heteroatoms. The summed E-state index contributed by atoms with van der Waals surface area (Å²) in [4.78, 5) is 27.6. The standard InChI is InChI=1S/C21H38O13P.C2H6/c1-3-4-5-6-7-9-31-11-13-15(23)17(25)19(21(30-2)33-13)34-20-18(26)16(24)14(22)12(32-20)8-10-35(27,28)29;1-2/h1,12-29H,4-11H2,2H3;1-2H3/q+1;/t12-,13?,14-,15-,16?,17?,18?,19?,20-,21+;/m1./s1. The molecule has 0 aromatic rings. The van der Waals surface area contributed by atoms with E-state index in [0.717, 1.165) is 19.3 Å². The highest BCUT2D eigenvalue weighted by molar-refractivity contribution is 7.58. The highest BCUT2D eigenvalue weighted by Crippen LogP contribution is 2.46. The van der Waals surface area contributed by atoms with Crippen LogP contribution in [-0.2, 0) is 23.7 Å². The maximum absolute atomic E-state index is 10.7. The summed E-state index contributed by atoms with van der Waals surface area (Å²) in [6.07, 6.45) is -6.81. The molecule has 5 unspecified atom stereocenters. The molecular formula is C23H44O13P+. The van der Waals surface area contributed by atoms with Crippen molar-refractivity contribution in [3.8, 4) is 12.3 Å². The second kappa shape index (κ2) is 17.2. The van der Waals surface area contributed by atoms with Crippen molar-refractivity contribution in [1.29, 1.82) is 0 Å². The smallest absolute Gasteiger partial charge is 0.388 e. The second-order valence-electron chi connectivity index (χ2n) is 8.67. The summed E-state index contributed by atoms with van der Waals surface area (Å²) in [7, 11) is -2.89. The summed E-state index contributed by atoms with van der Waals surface area (Å²) in [6.45, 7) is 4.39. The Hall–Kier alpha value is -0.530. The van der Waals surface area contributed by atoms with Crippen molar-refractivity contribution in [2.75, 3.05) is 26.5 Å². The summed E-state index contributed by atoms with van der Waals surface area (Å²) in [5, 5.41) is 51.8. The van der Waals surface area contributed by atoms with E-state index in [1.165, 1.54) is 7.11 Å². The van der Waals surface area contributed by atoms with Gasteiger partial charge in [0.05, 0.1) is 12.7 Å². The zero-order valence-electron chi connectivity index (χ0n) is 21.6. The predicted octanol–water partition coefficient (Wildman–Crippen LogP) is -1.36. The van der Waals surface area contributed by atoms with Crippen LogP contribution in [0.3, 0.4) is 0 Å². The van der Waals surface area contributed by atoms with E-state index in [0.29, 0.717) is 13.0 Å². The van der Waals surface area contributed by atoms with Crippen molar-refractivity contribution in [1.82, 2.24) is 0 Å². The zero-order valence-corrected chi connectivity index (χ0v) is 22.5. The monoisotopic (exact) mass is 559 g/mol. The van der Waals surface area contributed by atoms with Crippen molar-refractivity contribution < 1.29 is 63.9 Å². The van der Waals surface area contributed by atoms with Gasteiger partial charge in [-0.15, -0.1) is 12.3 Å². The van der Waals surface area contributed by atoms with Gasteiger partial charge in [0.15, 0.2) is 12.6 Å². The van der Waals surface area contributed by atoms with Gasteiger partial charge in [-0.1, -0.05) is 20.3 Å². The number of aliphatic hydroxyl groups excluding tert-OH is 5. The number of aliphatic hydroxyl groups is 5. The molecule has 0 aliphatic carbocycles. The van der Waals surface area contributed by atoms with Crippen LogP contribution in [0.15, 0.2) is 0 Å². The molecule has 0 saturated carbocycles. The Kier molecular flexibility index (Phi) is 16.1. The van der Waals surface area contributed by atoms with Crippen LogP contribution in [-0.4, -0.2) is 128 Å². The number of ether oxygens (including phenoxy) is 5. The van der Waals surface area contributed by atoms with Crippen molar-refractivity contribution in [3.63, 3.8) is 0 Å². The van der Waals surface area contributed by atoms with Gasteiger partial charge in [-0.05, 0) is 12.8 Å². The maximum Gasteiger partial charge on any atom is 0.403 e. The van der Waals surface area contributed by atoms with E-state index in [-0.39, 0.29) is 13.0 Å². The SMILES string of the molecule is C#CCCCCCOCC1O[C@H](OC)C(O[C@H]2O[C@H](CC[P+](O)(O)O)[C@@H](O)C(O)C2O)C(O)[C@@H]1O.CC. The number of unbranched alkanes of at least 4 members (excludes halogenated alkanes) is 3. The van der Waals surface area contributed by atoms with Crippen LogP contribution < -0.4 is 0 Å². The van der Waals surface area contributed by atoms with Crippen LogP contribution in [0.2, 0.25) is 0 Å². The molecule has 0 radical (unpaired) electrons. The number of methoxy groups -OCH3 is 1. The summed E-state index contributed by atoms with van der Waals surface area (Å²) in [5.41, 5.74) is 0. The minimum absolute atomic E-state index is 0.0240. The highest BCUT2D eigenvalue weighted by atomic mass is 31.2. The molecule has 10 atom stereocenters. The summed E-state index contributed by atoms with van der Waals surface area (Å²) in [5.74, 6) is 2.56. The van der Waals surface area contributed by atoms with Crippen LogP contribution >= 0.6 is 7.94 Å². The van der Waals surface area contributed by atoms with Gasteiger partial charge in [-0.25, -0.2) is 0 Å². The third kappa shape index (κ3) is 10.9. The molecule has 0 bridgehead atoms. The van der Waals surface area contributed by atoms with Crippen LogP contribution in [0.4, 0.5) is 0 Å². The first-order chi connectivity index (χ1) is 17.5. The van der Waals surface area contributed by atoms with E-state index in [1.807, 2.05) is 13.8 Å². The Morgan fingerprint density at radius 2 is 1.43 bits per heavy atom. The Morgan fingerprint density at radius 3 is 2.03 bits per heavy atom. The quantitative estimate of drug-likeness (QED) is 0.0746. The number of rotatable bonds is 13. The van der Waals surface area contributed by atoms with Gasteiger partial charge in [-0.2, -0.15) is 14.7 Å². The first kappa shape index (κ1) is 34.5. The van der Waals surface area contributed by atoms with E-state index in [4.69, 9.17) is 30.1 Å². The van der Waals surface area contributed by atoms with E-state index < -0.39 is 75.5 Å². The fourth-order valence-corrected chi connectivity index (χ4v) is 4.51. The first-order valence-electron chi connectivity index (χ1n) is 12.5. The number of hydrogen-bond donors (Lipinski definition) is 8. The molecule has 2 fully saturated rings. The van der Waals surface area contributed by atoms with Gasteiger partial charge in [0, 0.05) is 26.6 Å². The molecule has 218 valence electrons. The summed E-state index contributed by atoms with van der Waals surface area (Å²) < 4.78 is 27.5. The second-order valence-corrected chi connectivity index (χ2v) is 10.5. The van der Waals surface area contributed by atoms with E-state index in [9.17, 15) is 40.2 Å². The minimum atomic E-state index is -4.17. The Bertz CT molecular complexity index is 656. The van der Waals surface area contributed by atoms with Gasteiger partial charge in [0.2, 0.25) is 0 Å². The average molecular weight is 560 g/mol. The number of hydrogen-bond acceptors (Lipinski definition) is 13. The van der Waals surface area contributed by atoms with Crippen LogP contribution in [0.1, 0.15) is 46.0 Å². The predicted molar refractivity (Wildman–Crippen MR) is 132 cm³/mol. The minimum Gasteiger partial charge on any atom is -0.388 e. The van der Waals surface area contributed by atoms with Gasteiger partial charge >= 0.3 is 7.94 Å². The van der Waals surface area contributed by atoms with E-state index in [1.54, 1.807) is 0 Å². The molecule has 8 N–H and O–H groups in total. The van der Waals surface area contributed by atoms with Crippen molar-refractivity contribution in [3.05, 3.63) is 0 Å². The first-order valence-corrected chi connectivity index (χ1v) is 14.3. The van der Waals surface area contributed by atoms with E-state index >= 15 is 0 Å². The maximum atomic E-state index is 10.7. The lowest BCUT2D eigenvalue weighted by molar-refractivity contribution is -0.363. The van der Waals surface area contributed by atoms with Crippen LogP contribution in [0.5, 0.6) is 0 Å². The van der Waals surface area contributed by atoms with Crippen LogP contribution in [0, 0.1) is 12.3 Å². The van der Waals surface area contributed by atoms with Gasteiger partial charge in [0.25, 0.3) is 0 Å². The zero-order chi connectivity index (χ0) is 28.2. The lowest BCUT2D eigenvalue weighted by Crippen LogP contribution is -2.64. The molecule has 2 saturated heterocycles. The molecular weight excluding hydrogens is 515 g/mol. The Balaban J connectivity index is 0.00000334. The lowest BCUT2D eigenvalue weighted by Gasteiger charge is -2.46. The molecule has 2 aliphatic heterocycles. The van der Waals surface area contributed by atoms with Gasteiger partial charge in [-0.3, -0.25) is 0 Å². The lowest BCUT2D eigenvalue weighted by atomic mass is 9.96. The normalized spacial score (nSPS) is 36.4. The van der Waals surface area contributed by atoms with E-state index in [2.05, 4.69) is 5.92 Å². The Morgan fingerprint density at radius 1 is 0.811 bits per heavy atom. The molecule has 0 amide bonds. The highest BCUT2D eigenvalue weighted by Gasteiger charge is 2.51. The molecule has 0 spiro atoms. The van der Waals surface area contributed by atoms with Gasteiger partial charge < -0.3 is 49.2 Å². The number of terminal acetylenes is 1. The molecule has 13 nitrogen and oxygen atoms in total. The molecule has 0 aromatic heterocycles. The van der Waals surface area contributed by atoms with Crippen molar-refractivity contribution in [2.24, 2.45) is 0 Å². The topological polar surface area (TPSA) is 208 Å². The van der Waals surface area contributed by atoms with Crippen LogP contribution in [0.25, 0.3) is 0 Å². The fourth-order valence-electron chi connectivity index (χ4n) is 3.91. The third-order valence-corrected chi connectivity index (χ3v) is 6.80. The van der Waals surface area contributed by atoms with Gasteiger partial charge in [0.1, 0.15) is 48.9 Å². The van der Waals surface area contributed by atoms with Crippen molar-refractivity contribution in [2.45, 2.75) is 107 Å². The van der Waals surface area contributed by atoms with Crippen molar-refractivity contribution >= 4 is 7.94 Å².